The standard InChI is InChI=1S/C20H14N4.C7H5O2.Cd/c1-2-14-10-16-5-6-18(23-16)12-20-8-7-19(24-20)11-17-4-3-15(22-17)9-13(1)21-14;8-7(9)6-4-2-1-3-5-6;/h1-12,21,24H;2-5H,(H,8,9);. The second-order valence-corrected chi connectivity index (χ2v) is 10.2. The zero-order valence-corrected chi connectivity index (χ0v) is 22.2. The monoisotopic (exact) mass is 545 g/mol. The molecule has 2 aliphatic heterocycles. The van der Waals surface area contributed by atoms with Crippen molar-refractivity contribution in [1.82, 2.24) is 19.9 Å². The van der Waals surface area contributed by atoms with Gasteiger partial charge in [0.2, 0.25) is 0 Å². The predicted molar refractivity (Wildman–Crippen MR) is 132 cm³/mol. The third-order valence-electron chi connectivity index (χ3n) is 5.24. The van der Waals surface area contributed by atoms with Gasteiger partial charge in [-0.3, -0.25) is 0 Å². The molecule has 1 aromatic carbocycles. The number of benzene rings is 1. The van der Waals surface area contributed by atoms with Gasteiger partial charge in [-0.2, -0.15) is 0 Å². The van der Waals surface area contributed by atoms with Crippen LogP contribution in [-0.2, 0) is 25.8 Å². The molecule has 34 heavy (non-hydrogen) atoms. The van der Waals surface area contributed by atoms with E-state index in [1.807, 2.05) is 60.7 Å². The number of H-pyrrole nitrogens is 2. The molecule has 0 amide bonds. The topological polar surface area (TPSA) is 94.7 Å². The Balaban J connectivity index is 0.000000204. The Morgan fingerprint density at radius 2 is 0.971 bits per heavy atom. The molecule has 0 unspecified atom stereocenters. The van der Waals surface area contributed by atoms with Gasteiger partial charge in [-0.25, -0.2) is 9.97 Å². The summed E-state index contributed by atoms with van der Waals surface area (Å²) in [7, 11) is 0. The third-order valence-corrected chi connectivity index (χ3v) is 6.59. The van der Waals surface area contributed by atoms with Gasteiger partial charge in [0.05, 0.1) is 22.8 Å². The van der Waals surface area contributed by atoms with E-state index in [1.54, 1.807) is 12.1 Å². The van der Waals surface area contributed by atoms with Gasteiger partial charge in [0.25, 0.3) is 0 Å². The minimum atomic E-state index is -0.856. The first-order valence-corrected chi connectivity index (χ1v) is 12.7. The fourth-order valence-electron chi connectivity index (χ4n) is 3.59. The summed E-state index contributed by atoms with van der Waals surface area (Å²) in [5.41, 5.74) is 8.23. The molecule has 0 saturated heterocycles. The van der Waals surface area contributed by atoms with Crippen molar-refractivity contribution in [2.75, 3.05) is 0 Å². The molecular formula is C27H19CdN4O2. The van der Waals surface area contributed by atoms with Gasteiger partial charge >= 0.3 is 74.6 Å². The number of fused-ring (bicyclic) bond motifs is 8. The number of rotatable bonds is 1. The summed E-state index contributed by atoms with van der Waals surface area (Å²) in [6.45, 7) is 0. The van der Waals surface area contributed by atoms with Gasteiger partial charge in [0.1, 0.15) is 0 Å². The molecule has 6 rings (SSSR count). The molecule has 6 nitrogen and oxygen atoms in total. The van der Waals surface area contributed by atoms with Crippen LogP contribution in [0.5, 0.6) is 0 Å². The summed E-state index contributed by atoms with van der Waals surface area (Å²) in [6.07, 6.45) is 8.09. The van der Waals surface area contributed by atoms with Crippen molar-refractivity contribution in [3.05, 3.63) is 101 Å². The Morgan fingerprint density at radius 1 is 0.618 bits per heavy atom. The molecule has 0 saturated carbocycles. The molecule has 161 valence electrons. The van der Waals surface area contributed by atoms with Gasteiger partial charge in [0, 0.05) is 22.1 Å². The normalized spacial score (nSPS) is 11.7. The van der Waals surface area contributed by atoms with Crippen LogP contribution in [0, 0.1) is 0 Å². The van der Waals surface area contributed by atoms with Crippen LogP contribution in [0.4, 0.5) is 0 Å². The second-order valence-electron chi connectivity index (χ2n) is 7.91. The molecule has 8 bridgehead atoms. The van der Waals surface area contributed by atoms with E-state index in [-0.39, 0.29) is 0 Å². The number of nitrogens with one attached hydrogen (secondary N) is 2. The van der Waals surface area contributed by atoms with Crippen molar-refractivity contribution in [1.29, 1.82) is 0 Å². The Kier molecular flexibility index (Phi) is 6.22. The minimum absolute atomic E-state index is 0.366. The molecule has 3 N–H and O–H groups in total. The zero-order chi connectivity index (χ0) is 23.5. The van der Waals surface area contributed by atoms with E-state index in [0.29, 0.717) is 5.56 Å². The molecule has 7 heteroatoms. The van der Waals surface area contributed by atoms with Crippen LogP contribution in [0.15, 0.2) is 72.8 Å². The molecule has 0 radical (unpaired) electrons. The fraction of sp³-hybridized carbons (Fsp3) is 0. The van der Waals surface area contributed by atoms with Crippen LogP contribution in [0.1, 0.15) is 33.1 Å². The summed E-state index contributed by atoms with van der Waals surface area (Å²) in [5.74, 6) is -0.856. The summed E-state index contributed by atoms with van der Waals surface area (Å²) in [6, 6.07) is 23.3. The molecular weight excluding hydrogens is 525 g/mol. The average molecular weight is 544 g/mol. The second kappa shape index (κ2) is 9.60. The van der Waals surface area contributed by atoms with E-state index >= 15 is 0 Å². The SMILES string of the molecule is C1=Cc2cc3ccc(cc4nc(cc5ccc(cc1n2)[nH]5)C=C4)[nH]3.O=C(O)c1cc[c]([Cd])cc1. The van der Waals surface area contributed by atoms with Crippen LogP contribution in [0.3, 0.4) is 0 Å². The van der Waals surface area contributed by atoms with E-state index in [0.717, 1.165) is 70.6 Å². The number of aromatic carboxylic acids is 1. The van der Waals surface area contributed by atoms with Gasteiger partial charge in [-0.15, -0.1) is 0 Å². The molecule has 0 atom stereocenters. The van der Waals surface area contributed by atoms with Crippen molar-refractivity contribution < 1.29 is 35.7 Å². The maximum atomic E-state index is 10.3. The molecule has 0 aliphatic carbocycles. The first kappa shape index (κ1) is 22.0. The first-order chi connectivity index (χ1) is 16.5. The number of carboxylic acids is 1. The van der Waals surface area contributed by atoms with Crippen LogP contribution >= 0.6 is 0 Å². The third kappa shape index (κ3) is 5.40. The van der Waals surface area contributed by atoms with Crippen molar-refractivity contribution >= 4 is 55.5 Å². The van der Waals surface area contributed by atoms with Gasteiger partial charge in [-0.05, 0) is 72.8 Å². The Hall–Kier alpha value is -3.79. The van der Waals surface area contributed by atoms with Crippen molar-refractivity contribution in [3.8, 4) is 0 Å². The maximum absolute atomic E-state index is 10.3. The summed E-state index contributed by atoms with van der Waals surface area (Å²) in [5, 5.41) is 8.49. The predicted octanol–water partition coefficient (Wildman–Crippen LogP) is 5.21. The van der Waals surface area contributed by atoms with Crippen LogP contribution in [0.2, 0.25) is 0 Å². The van der Waals surface area contributed by atoms with Gasteiger partial charge < -0.3 is 9.97 Å². The number of aromatic amines is 2. The Labute approximate surface area is 211 Å². The van der Waals surface area contributed by atoms with Crippen molar-refractivity contribution in [2.45, 2.75) is 0 Å². The number of aromatic nitrogens is 4. The molecule has 0 fully saturated rings. The fourth-order valence-corrected chi connectivity index (χ4v) is 4.26. The first-order valence-electron chi connectivity index (χ1n) is 10.7. The summed E-state index contributed by atoms with van der Waals surface area (Å²) >= 11 is 0.762. The molecule has 3 aromatic heterocycles. The summed E-state index contributed by atoms with van der Waals surface area (Å²) in [4.78, 5) is 26.3. The van der Waals surface area contributed by atoms with Crippen molar-refractivity contribution in [3.63, 3.8) is 0 Å². The quantitative estimate of drug-likeness (QED) is 0.248. The number of nitrogens with zero attached hydrogens (tertiary/aromatic N) is 2. The van der Waals surface area contributed by atoms with Crippen LogP contribution < -0.4 is 3.12 Å². The number of hydrogen-bond donors (Lipinski definition) is 3. The van der Waals surface area contributed by atoms with Gasteiger partial charge in [0.15, 0.2) is 0 Å². The van der Waals surface area contributed by atoms with E-state index in [1.165, 1.54) is 3.12 Å². The van der Waals surface area contributed by atoms with E-state index in [2.05, 4.69) is 44.2 Å². The molecule has 2 aliphatic rings. The zero-order valence-electron chi connectivity index (χ0n) is 18.2. The number of hydrogen-bond acceptors (Lipinski definition) is 3. The van der Waals surface area contributed by atoms with Crippen LogP contribution in [0.25, 0.3) is 46.4 Å². The number of carbonyl (C=O) groups is 1. The van der Waals surface area contributed by atoms with Crippen molar-refractivity contribution in [2.24, 2.45) is 0 Å². The Morgan fingerprint density at radius 3 is 1.29 bits per heavy atom. The average Bonchev–Trinajstić information content (AvgIpc) is 3.60. The van der Waals surface area contributed by atoms with Crippen LogP contribution in [-0.4, -0.2) is 31.0 Å². The Bertz CT molecular complexity index is 1420. The summed E-state index contributed by atoms with van der Waals surface area (Å²) < 4.78 is 1.24. The van der Waals surface area contributed by atoms with Gasteiger partial charge in [-0.1, -0.05) is 0 Å². The van der Waals surface area contributed by atoms with E-state index in [9.17, 15) is 4.79 Å². The van der Waals surface area contributed by atoms with E-state index in [4.69, 9.17) is 5.11 Å². The molecule has 5 heterocycles. The number of carboxylic acid groups (broad SMARTS) is 1. The molecule has 4 aromatic rings. The molecule has 0 spiro atoms. The van der Waals surface area contributed by atoms with E-state index < -0.39 is 5.97 Å².